The van der Waals surface area contributed by atoms with Gasteiger partial charge in [-0.1, -0.05) is 20.3 Å². The number of hydroxylamine groups is 2. The van der Waals surface area contributed by atoms with E-state index in [4.69, 9.17) is 19.8 Å². The summed E-state index contributed by atoms with van der Waals surface area (Å²) in [6.07, 6.45) is 1.51. The fraction of sp³-hybridized carbons (Fsp3) is 0.615. The van der Waals surface area contributed by atoms with Gasteiger partial charge in [-0.3, -0.25) is 19.2 Å². The third-order valence-electron chi connectivity index (χ3n) is 1.23. The van der Waals surface area contributed by atoms with Crippen LogP contribution in [0, 0.1) is 0 Å². The molecule has 0 saturated carbocycles. The Morgan fingerprint density at radius 2 is 1.18 bits per heavy atom. The first-order chi connectivity index (χ1) is 9.99. The Labute approximate surface area is 128 Å². The van der Waals surface area contributed by atoms with Crippen LogP contribution >= 0.6 is 0 Å². The largest absolute Gasteiger partial charge is 0.481 e. The molecule has 0 radical (unpaired) electrons. The monoisotopic (exact) mass is 321 g/mol. The van der Waals surface area contributed by atoms with Crippen molar-refractivity contribution < 1.29 is 39.0 Å². The SMILES string of the molecule is CC(=O)O.CC(=O)O.CC(=O)ON1C(=O)CCC1=O.CCC. The van der Waals surface area contributed by atoms with E-state index in [2.05, 4.69) is 18.7 Å². The fourth-order valence-corrected chi connectivity index (χ4v) is 0.786. The smallest absolute Gasteiger partial charge is 0.330 e. The van der Waals surface area contributed by atoms with Gasteiger partial charge >= 0.3 is 5.97 Å². The van der Waals surface area contributed by atoms with Crippen molar-refractivity contribution in [2.45, 2.75) is 53.9 Å². The van der Waals surface area contributed by atoms with E-state index in [-0.39, 0.29) is 12.8 Å². The van der Waals surface area contributed by atoms with Gasteiger partial charge in [0.25, 0.3) is 23.8 Å². The van der Waals surface area contributed by atoms with Crippen LogP contribution < -0.4 is 0 Å². The zero-order valence-corrected chi connectivity index (χ0v) is 13.4. The number of hydrogen-bond acceptors (Lipinski definition) is 6. The van der Waals surface area contributed by atoms with E-state index >= 15 is 0 Å². The van der Waals surface area contributed by atoms with Gasteiger partial charge in [-0.25, -0.2) is 4.79 Å². The van der Waals surface area contributed by atoms with Crippen LogP contribution in [0.2, 0.25) is 0 Å². The molecule has 0 aromatic heterocycles. The summed E-state index contributed by atoms with van der Waals surface area (Å²) in [5.74, 6) is -3.23. The van der Waals surface area contributed by atoms with E-state index < -0.39 is 29.7 Å². The Kier molecular flexibility index (Phi) is 16.7. The van der Waals surface area contributed by atoms with Gasteiger partial charge in [-0.15, -0.1) is 5.06 Å². The number of carbonyl (C=O) groups is 5. The van der Waals surface area contributed by atoms with Crippen molar-refractivity contribution >= 4 is 29.7 Å². The number of carboxylic acids is 2. The summed E-state index contributed by atoms with van der Waals surface area (Å²) in [6, 6.07) is 0. The van der Waals surface area contributed by atoms with Gasteiger partial charge in [0.1, 0.15) is 0 Å². The van der Waals surface area contributed by atoms with Crippen molar-refractivity contribution in [3.63, 3.8) is 0 Å². The number of aliphatic carboxylic acids is 2. The second-order valence-electron chi connectivity index (χ2n) is 3.91. The molecule has 2 amide bonds. The molecule has 9 nitrogen and oxygen atoms in total. The number of carbonyl (C=O) groups excluding carboxylic acids is 3. The summed E-state index contributed by atoms with van der Waals surface area (Å²) >= 11 is 0. The van der Waals surface area contributed by atoms with Crippen molar-refractivity contribution in [3.8, 4) is 0 Å². The molecule has 0 bridgehead atoms. The Morgan fingerprint density at radius 1 is 0.955 bits per heavy atom. The van der Waals surface area contributed by atoms with E-state index in [1.54, 1.807) is 0 Å². The number of carboxylic acid groups (broad SMARTS) is 2. The molecule has 0 aromatic carbocycles. The van der Waals surface area contributed by atoms with Crippen LogP contribution in [-0.4, -0.2) is 45.0 Å². The minimum Gasteiger partial charge on any atom is -0.481 e. The first-order valence-electron chi connectivity index (χ1n) is 6.42. The Morgan fingerprint density at radius 3 is 1.36 bits per heavy atom. The number of rotatable bonds is 1. The molecule has 1 saturated heterocycles. The second-order valence-corrected chi connectivity index (χ2v) is 3.91. The van der Waals surface area contributed by atoms with Crippen molar-refractivity contribution in [1.29, 1.82) is 0 Å². The second kappa shape index (κ2) is 14.9. The highest BCUT2D eigenvalue weighted by Gasteiger charge is 2.31. The predicted molar refractivity (Wildman–Crippen MR) is 75.4 cm³/mol. The van der Waals surface area contributed by atoms with Crippen LogP contribution in [0.1, 0.15) is 53.9 Å². The molecule has 0 aliphatic carbocycles. The number of imide groups is 1. The molecule has 0 unspecified atom stereocenters. The quantitative estimate of drug-likeness (QED) is 0.687. The average molecular weight is 321 g/mol. The molecule has 0 atom stereocenters. The lowest BCUT2D eigenvalue weighted by atomic mass is 10.4. The lowest BCUT2D eigenvalue weighted by Crippen LogP contribution is -2.30. The van der Waals surface area contributed by atoms with Crippen molar-refractivity contribution in [2.75, 3.05) is 0 Å². The molecule has 0 aromatic rings. The van der Waals surface area contributed by atoms with Gasteiger partial charge in [0.15, 0.2) is 0 Å². The molecule has 1 aliphatic rings. The zero-order valence-electron chi connectivity index (χ0n) is 13.4. The minimum absolute atomic E-state index is 0.131. The first-order valence-corrected chi connectivity index (χ1v) is 6.42. The lowest BCUT2D eigenvalue weighted by molar-refractivity contribution is -0.195. The van der Waals surface area contributed by atoms with E-state index in [1.807, 2.05) is 0 Å². The standard InChI is InChI=1S/C6H7NO4.C3H8.2C2H4O2/c1-4(8)11-7-5(9)2-3-6(7)10;1-3-2;2*1-2(3)4/h2-3H2,1H3;3H2,1-2H3;2*1H3,(H,3,4). The van der Waals surface area contributed by atoms with E-state index in [9.17, 15) is 14.4 Å². The molecule has 2 N–H and O–H groups in total. The summed E-state index contributed by atoms with van der Waals surface area (Å²) in [7, 11) is 0. The van der Waals surface area contributed by atoms with E-state index in [0.717, 1.165) is 20.8 Å². The highest BCUT2D eigenvalue weighted by Crippen LogP contribution is 2.11. The molecule has 9 heteroatoms. The molecular weight excluding hydrogens is 298 g/mol. The summed E-state index contributed by atoms with van der Waals surface area (Å²) < 4.78 is 0. The molecule has 1 aliphatic heterocycles. The topological polar surface area (TPSA) is 138 Å². The minimum atomic E-state index is -0.833. The van der Waals surface area contributed by atoms with Crippen molar-refractivity contribution in [3.05, 3.63) is 0 Å². The average Bonchev–Trinajstić information content (AvgIpc) is 2.60. The fourth-order valence-electron chi connectivity index (χ4n) is 0.786. The number of hydrogen-bond donors (Lipinski definition) is 2. The van der Waals surface area contributed by atoms with Crippen LogP contribution in [0.5, 0.6) is 0 Å². The maximum Gasteiger partial charge on any atom is 0.330 e. The van der Waals surface area contributed by atoms with Gasteiger partial charge in [0, 0.05) is 33.6 Å². The number of amides is 2. The summed E-state index contributed by atoms with van der Waals surface area (Å²) in [4.78, 5) is 54.1. The predicted octanol–water partition coefficient (Wildman–Crippen LogP) is 1.21. The lowest BCUT2D eigenvalue weighted by Gasteiger charge is -2.09. The molecular formula is C13H23NO8. The van der Waals surface area contributed by atoms with Crippen molar-refractivity contribution in [1.82, 2.24) is 5.06 Å². The maximum atomic E-state index is 10.7. The molecule has 1 rings (SSSR count). The summed E-state index contributed by atoms with van der Waals surface area (Å²) in [5, 5.41) is 15.3. The maximum absolute atomic E-state index is 10.7. The molecule has 1 heterocycles. The Bertz CT molecular complexity index is 356. The van der Waals surface area contributed by atoms with Gasteiger partial charge in [-0.2, -0.15) is 0 Å². The summed E-state index contributed by atoms with van der Waals surface area (Å²) in [5.41, 5.74) is 0. The highest BCUT2D eigenvalue weighted by molar-refractivity contribution is 6.01. The Balaban J connectivity index is -0.000000273. The van der Waals surface area contributed by atoms with Gasteiger partial charge in [-0.05, 0) is 0 Å². The molecule has 0 spiro atoms. The van der Waals surface area contributed by atoms with Gasteiger partial charge in [0.2, 0.25) is 0 Å². The summed E-state index contributed by atoms with van der Waals surface area (Å²) in [6.45, 7) is 7.55. The van der Waals surface area contributed by atoms with Crippen LogP contribution in [0.15, 0.2) is 0 Å². The van der Waals surface area contributed by atoms with Crippen LogP contribution in [-0.2, 0) is 28.8 Å². The highest BCUT2D eigenvalue weighted by atomic mass is 16.7. The first kappa shape index (κ1) is 24.6. The third kappa shape index (κ3) is 22.7. The zero-order chi connectivity index (χ0) is 18.3. The normalized spacial score (nSPS) is 11.8. The Hall–Kier alpha value is -2.45. The molecule has 1 fully saturated rings. The van der Waals surface area contributed by atoms with Gasteiger partial charge < -0.3 is 15.1 Å². The van der Waals surface area contributed by atoms with E-state index in [0.29, 0.717) is 5.06 Å². The number of nitrogens with zero attached hydrogens (tertiary/aromatic N) is 1. The van der Waals surface area contributed by atoms with Gasteiger partial charge in [0.05, 0.1) is 0 Å². The van der Waals surface area contributed by atoms with Crippen LogP contribution in [0.3, 0.4) is 0 Å². The van der Waals surface area contributed by atoms with Crippen LogP contribution in [0.4, 0.5) is 0 Å². The molecule has 128 valence electrons. The van der Waals surface area contributed by atoms with Crippen molar-refractivity contribution in [2.24, 2.45) is 0 Å². The van der Waals surface area contributed by atoms with Crippen LogP contribution in [0.25, 0.3) is 0 Å². The van der Waals surface area contributed by atoms with E-state index in [1.165, 1.54) is 6.42 Å². The molecule has 22 heavy (non-hydrogen) atoms. The third-order valence-corrected chi connectivity index (χ3v) is 1.23.